The maximum absolute atomic E-state index is 4.72. The Kier molecular flexibility index (Phi) is 10.9. The highest BCUT2D eigenvalue weighted by atomic mass is 14.6. The van der Waals surface area contributed by atoms with Gasteiger partial charge in [0, 0.05) is 11.9 Å². The van der Waals surface area contributed by atoms with Gasteiger partial charge in [0.05, 0.1) is 0 Å². The number of aromatic nitrogens is 1. The van der Waals surface area contributed by atoms with Gasteiger partial charge in [0.2, 0.25) is 0 Å². The van der Waals surface area contributed by atoms with Crippen LogP contribution in [0.2, 0.25) is 0 Å². The van der Waals surface area contributed by atoms with Crippen molar-refractivity contribution in [1.82, 2.24) is 11.1 Å². The van der Waals surface area contributed by atoms with Crippen LogP contribution in [0.3, 0.4) is 0 Å². The molecule has 0 unspecified atom stereocenters. The molecule has 13 heavy (non-hydrogen) atoms. The third kappa shape index (κ3) is 10.2. The first-order valence-corrected chi connectivity index (χ1v) is 3.56. The molecule has 0 spiro atoms. The predicted octanol–water partition coefficient (Wildman–Crippen LogP) is 2.19. The number of terminal acetylenes is 1. The molecule has 1 rings (SSSR count). The van der Waals surface area contributed by atoms with E-state index in [2.05, 4.69) is 22.7 Å². The van der Waals surface area contributed by atoms with Crippen LogP contribution in [0, 0.1) is 31.1 Å². The Balaban J connectivity index is 0. The number of nitrogens with zero attached hydrogens (tertiary/aromatic N) is 1. The van der Waals surface area contributed by atoms with Gasteiger partial charge < -0.3 is 6.15 Å². The summed E-state index contributed by atoms with van der Waals surface area (Å²) in [5.41, 5.74) is 1.07. The summed E-state index contributed by atoms with van der Waals surface area (Å²) in [6.45, 7) is 3.68. The van der Waals surface area contributed by atoms with Crippen LogP contribution >= 0.6 is 0 Å². The van der Waals surface area contributed by atoms with Gasteiger partial charge in [0.25, 0.3) is 0 Å². The zero-order valence-corrected chi connectivity index (χ0v) is 8.04. The van der Waals surface area contributed by atoms with Crippen molar-refractivity contribution in [3.63, 3.8) is 0 Å². The first-order valence-electron chi connectivity index (χ1n) is 3.56. The van der Waals surface area contributed by atoms with Crippen molar-refractivity contribution in [2.75, 3.05) is 0 Å². The lowest BCUT2D eigenvalue weighted by Gasteiger charge is -1.82. The zero-order chi connectivity index (χ0) is 9.23. The first-order chi connectivity index (χ1) is 5.81. The Morgan fingerprint density at radius 1 is 1.38 bits per heavy atom. The molecular formula is C11H14N2. The first kappa shape index (κ1) is 13.8. The van der Waals surface area contributed by atoms with Crippen molar-refractivity contribution in [1.29, 1.82) is 0 Å². The van der Waals surface area contributed by atoms with Crippen LogP contribution in [-0.4, -0.2) is 4.98 Å². The van der Waals surface area contributed by atoms with Gasteiger partial charge in [0.15, 0.2) is 0 Å². The minimum absolute atomic E-state index is 0. The average molecular weight is 174 g/mol. The van der Waals surface area contributed by atoms with E-state index in [4.69, 9.17) is 6.42 Å². The predicted molar refractivity (Wildman–Crippen MR) is 56.3 cm³/mol. The van der Waals surface area contributed by atoms with E-state index in [0.29, 0.717) is 0 Å². The van der Waals surface area contributed by atoms with Crippen LogP contribution in [0.5, 0.6) is 0 Å². The van der Waals surface area contributed by atoms with Gasteiger partial charge in [-0.3, -0.25) is 4.98 Å². The van der Waals surface area contributed by atoms with Crippen LogP contribution in [0.15, 0.2) is 24.4 Å². The van der Waals surface area contributed by atoms with E-state index in [0.717, 1.165) is 5.69 Å². The van der Waals surface area contributed by atoms with Crippen LogP contribution in [0.4, 0.5) is 0 Å². The molecule has 1 heterocycles. The fourth-order valence-electron chi connectivity index (χ4n) is 0.520. The lowest BCUT2D eigenvalue weighted by atomic mass is 10.4. The van der Waals surface area contributed by atoms with Crippen molar-refractivity contribution >= 4 is 0 Å². The maximum atomic E-state index is 4.72. The Labute approximate surface area is 80.0 Å². The molecule has 0 radical (unpaired) electrons. The van der Waals surface area contributed by atoms with E-state index in [1.54, 1.807) is 13.1 Å². The largest absolute Gasteiger partial charge is 0.344 e. The lowest BCUT2D eigenvalue weighted by Crippen LogP contribution is -1.72. The van der Waals surface area contributed by atoms with Crippen molar-refractivity contribution in [2.24, 2.45) is 0 Å². The van der Waals surface area contributed by atoms with Crippen LogP contribution in [0.25, 0.3) is 0 Å². The summed E-state index contributed by atoms with van der Waals surface area (Å²) in [6, 6.07) is 5.86. The molecule has 68 valence electrons. The molecule has 0 saturated carbocycles. The van der Waals surface area contributed by atoms with Gasteiger partial charge in [-0.05, 0) is 37.8 Å². The van der Waals surface area contributed by atoms with Gasteiger partial charge in [-0.15, -0.1) is 6.42 Å². The van der Waals surface area contributed by atoms with E-state index in [1.165, 1.54) is 0 Å². The van der Waals surface area contributed by atoms with Gasteiger partial charge in [-0.25, -0.2) is 0 Å². The van der Waals surface area contributed by atoms with Crippen molar-refractivity contribution in [3.8, 4) is 24.2 Å². The van der Waals surface area contributed by atoms with Crippen molar-refractivity contribution < 1.29 is 0 Å². The van der Waals surface area contributed by atoms with Crippen LogP contribution in [-0.2, 0) is 0 Å². The molecule has 0 atom stereocenters. The number of hydrogen-bond acceptors (Lipinski definition) is 2. The molecule has 0 amide bonds. The number of aryl methyl sites for hydroxylation is 1. The van der Waals surface area contributed by atoms with Gasteiger partial charge in [-0.2, -0.15) is 0 Å². The Bertz CT molecular complexity index is 298. The van der Waals surface area contributed by atoms with Gasteiger partial charge in [-0.1, -0.05) is 12.0 Å². The number of hydrogen-bond donors (Lipinski definition) is 1. The molecule has 1 aromatic rings. The molecule has 0 aliphatic heterocycles. The molecule has 0 saturated heterocycles. The topological polar surface area (TPSA) is 47.9 Å². The fraction of sp³-hybridized carbons (Fsp3) is 0.182. The molecular weight excluding hydrogens is 160 g/mol. The summed E-state index contributed by atoms with van der Waals surface area (Å²) in [5.74, 6) is 7.08. The third-order valence-electron chi connectivity index (χ3n) is 1.01. The summed E-state index contributed by atoms with van der Waals surface area (Å²) in [6.07, 6.45) is 6.50. The van der Waals surface area contributed by atoms with Gasteiger partial charge >= 0.3 is 0 Å². The highest BCUT2D eigenvalue weighted by Gasteiger charge is 1.73. The molecule has 2 nitrogen and oxygen atoms in total. The smallest absolute Gasteiger partial charge is 0.0372 e. The minimum Gasteiger partial charge on any atom is -0.344 e. The summed E-state index contributed by atoms with van der Waals surface area (Å²) in [4.78, 5) is 3.98. The summed E-state index contributed by atoms with van der Waals surface area (Å²) in [5, 5.41) is 0. The monoisotopic (exact) mass is 174 g/mol. The molecule has 2 heteroatoms. The molecule has 0 fully saturated rings. The highest BCUT2D eigenvalue weighted by Crippen LogP contribution is 1.85. The molecule has 3 N–H and O–H groups in total. The number of rotatable bonds is 0. The Morgan fingerprint density at radius 3 is 2.23 bits per heavy atom. The normalized spacial score (nSPS) is 5.92. The van der Waals surface area contributed by atoms with E-state index >= 15 is 0 Å². The third-order valence-corrected chi connectivity index (χ3v) is 1.01. The molecule has 0 aliphatic carbocycles. The Hall–Kier alpha value is -1.77. The second kappa shape index (κ2) is 10.2. The van der Waals surface area contributed by atoms with Crippen molar-refractivity contribution in [2.45, 2.75) is 13.8 Å². The van der Waals surface area contributed by atoms with Gasteiger partial charge in [0.1, 0.15) is 0 Å². The molecule has 0 bridgehead atoms. The maximum Gasteiger partial charge on any atom is 0.0372 e. The number of pyridine rings is 1. The molecule has 0 aromatic carbocycles. The minimum atomic E-state index is 0. The van der Waals surface area contributed by atoms with E-state index in [1.807, 2.05) is 25.1 Å². The lowest BCUT2D eigenvalue weighted by molar-refractivity contribution is 1.20. The second-order valence-electron chi connectivity index (χ2n) is 1.99. The SMILES string of the molecule is C#CC#CC.Cc1ccccn1.N. The Morgan fingerprint density at radius 2 is 2.08 bits per heavy atom. The average Bonchev–Trinajstić information content (AvgIpc) is 2.08. The van der Waals surface area contributed by atoms with E-state index in [-0.39, 0.29) is 6.15 Å². The summed E-state index contributed by atoms with van der Waals surface area (Å²) < 4.78 is 0. The standard InChI is InChI=1S/C6H7N.C5H4.H3N/c1-6-4-2-3-5-7-6;1-3-5-4-2;/h2-5H,1H3;1H,2H3;1H3. The molecule has 0 aliphatic rings. The van der Waals surface area contributed by atoms with Crippen molar-refractivity contribution in [3.05, 3.63) is 30.1 Å². The second-order valence-corrected chi connectivity index (χ2v) is 1.99. The van der Waals surface area contributed by atoms with Crippen LogP contribution in [0.1, 0.15) is 12.6 Å². The quantitative estimate of drug-likeness (QED) is 0.613. The molecule has 1 aromatic heterocycles. The summed E-state index contributed by atoms with van der Waals surface area (Å²) >= 11 is 0. The van der Waals surface area contributed by atoms with E-state index in [9.17, 15) is 0 Å². The zero-order valence-electron chi connectivity index (χ0n) is 8.04. The fourth-order valence-corrected chi connectivity index (χ4v) is 0.520. The summed E-state index contributed by atoms with van der Waals surface area (Å²) in [7, 11) is 0. The highest BCUT2D eigenvalue weighted by molar-refractivity contribution is 5.20. The van der Waals surface area contributed by atoms with E-state index < -0.39 is 0 Å². The van der Waals surface area contributed by atoms with Crippen LogP contribution < -0.4 is 6.15 Å².